The lowest BCUT2D eigenvalue weighted by molar-refractivity contribution is -0.00504. The van der Waals surface area contributed by atoms with Crippen molar-refractivity contribution < 1.29 is 14.3 Å². The minimum absolute atomic E-state index is 0.0300. The van der Waals surface area contributed by atoms with Gasteiger partial charge in [0.25, 0.3) is 0 Å². The minimum Gasteiger partial charge on any atom is -0.456 e. The molecule has 0 N–H and O–H groups in total. The molecule has 1 aromatic rings. The van der Waals surface area contributed by atoms with Crippen molar-refractivity contribution in [1.29, 1.82) is 0 Å². The summed E-state index contributed by atoms with van der Waals surface area (Å²) in [6.45, 7) is 6.14. The van der Waals surface area contributed by atoms with Crippen LogP contribution < -0.4 is 0 Å². The maximum absolute atomic E-state index is 12.0. The van der Waals surface area contributed by atoms with Crippen molar-refractivity contribution in [2.24, 2.45) is 5.92 Å². The first kappa shape index (κ1) is 13.1. The molecule has 0 spiro atoms. The molecule has 0 saturated carbocycles. The maximum Gasteiger partial charge on any atom is 0.338 e. The Kier molecular flexibility index (Phi) is 4.02. The Labute approximate surface area is 108 Å². The summed E-state index contributed by atoms with van der Waals surface area (Å²) in [6, 6.07) is 9.09. The Hall–Kier alpha value is -1.35. The molecule has 98 valence electrons. The fourth-order valence-electron chi connectivity index (χ4n) is 2.55. The van der Waals surface area contributed by atoms with E-state index in [-0.39, 0.29) is 30.2 Å². The Balaban J connectivity index is 2.04. The lowest BCUT2D eigenvalue weighted by Gasteiger charge is -2.19. The molecule has 0 aliphatic carbocycles. The normalized spacial score (nSPS) is 31.3. The first-order chi connectivity index (χ1) is 8.63. The Morgan fingerprint density at radius 1 is 1.28 bits per heavy atom. The van der Waals surface area contributed by atoms with Crippen LogP contribution in [-0.4, -0.2) is 24.3 Å². The van der Waals surface area contributed by atoms with Crippen LogP contribution in [0.1, 0.15) is 37.6 Å². The third-order valence-electron chi connectivity index (χ3n) is 3.61. The molecule has 3 heteroatoms. The SMILES string of the molecule is CC[C@H]1OC(C)C(OC(=O)c2ccccc2)[C@H]1C. The summed E-state index contributed by atoms with van der Waals surface area (Å²) in [5.74, 6) is -0.0164. The lowest BCUT2D eigenvalue weighted by Crippen LogP contribution is -2.30. The summed E-state index contributed by atoms with van der Waals surface area (Å²) in [5, 5.41) is 0. The number of hydrogen-bond donors (Lipinski definition) is 0. The molecule has 0 amide bonds. The second kappa shape index (κ2) is 5.53. The predicted octanol–water partition coefficient (Wildman–Crippen LogP) is 3.05. The third kappa shape index (κ3) is 2.56. The van der Waals surface area contributed by atoms with Gasteiger partial charge in [0, 0.05) is 5.92 Å². The molecule has 1 aliphatic heterocycles. The van der Waals surface area contributed by atoms with E-state index in [1.807, 2.05) is 25.1 Å². The molecule has 2 unspecified atom stereocenters. The number of hydrogen-bond acceptors (Lipinski definition) is 3. The van der Waals surface area contributed by atoms with Crippen LogP contribution in [-0.2, 0) is 9.47 Å². The summed E-state index contributed by atoms with van der Waals surface area (Å²) in [7, 11) is 0. The van der Waals surface area contributed by atoms with E-state index in [0.717, 1.165) is 6.42 Å². The Morgan fingerprint density at radius 2 is 1.94 bits per heavy atom. The van der Waals surface area contributed by atoms with Crippen LogP contribution in [0, 0.1) is 5.92 Å². The average molecular weight is 248 g/mol. The lowest BCUT2D eigenvalue weighted by atomic mass is 9.97. The number of ether oxygens (including phenoxy) is 2. The fraction of sp³-hybridized carbons (Fsp3) is 0.533. The van der Waals surface area contributed by atoms with Gasteiger partial charge in [0.05, 0.1) is 17.8 Å². The van der Waals surface area contributed by atoms with E-state index >= 15 is 0 Å². The molecule has 0 bridgehead atoms. The average Bonchev–Trinajstić information content (AvgIpc) is 2.67. The topological polar surface area (TPSA) is 35.5 Å². The second-order valence-electron chi connectivity index (χ2n) is 4.88. The van der Waals surface area contributed by atoms with Crippen molar-refractivity contribution in [3.05, 3.63) is 35.9 Å². The molecule has 1 heterocycles. The van der Waals surface area contributed by atoms with Crippen LogP contribution >= 0.6 is 0 Å². The third-order valence-corrected chi connectivity index (χ3v) is 3.61. The highest BCUT2D eigenvalue weighted by Gasteiger charge is 2.41. The van der Waals surface area contributed by atoms with Gasteiger partial charge in [-0.15, -0.1) is 0 Å². The number of rotatable bonds is 3. The molecule has 1 fully saturated rings. The monoisotopic (exact) mass is 248 g/mol. The van der Waals surface area contributed by atoms with E-state index in [0.29, 0.717) is 5.56 Å². The van der Waals surface area contributed by atoms with Crippen LogP contribution in [0.3, 0.4) is 0 Å². The zero-order valence-corrected chi connectivity index (χ0v) is 11.1. The van der Waals surface area contributed by atoms with Gasteiger partial charge in [-0.2, -0.15) is 0 Å². The first-order valence-corrected chi connectivity index (χ1v) is 6.55. The summed E-state index contributed by atoms with van der Waals surface area (Å²) in [6.07, 6.45) is 0.957. The van der Waals surface area contributed by atoms with Gasteiger partial charge >= 0.3 is 5.97 Å². The van der Waals surface area contributed by atoms with Crippen LogP contribution in [0.4, 0.5) is 0 Å². The quantitative estimate of drug-likeness (QED) is 0.771. The molecule has 1 saturated heterocycles. The van der Waals surface area contributed by atoms with E-state index in [1.165, 1.54) is 0 Å². The van der Waals surface area contributed by atoms with Gasteiger partial charge in [0.1, 0.15) is 6.10 Å². The fourth-order valence-corrected chi connectivity index (χ4v) is 2.55. The summed E-state index contributed by atoms with van der Waals surface area (Å²) < 4.78 is 11.4. The van der Waals surface area contributed by atoms with Gasteiger partial charge in [-0.25, -0.2) is 4.79 Å². The number of carbonyl (C=O) groups excluding carboxylic acids is 1. The van der Waals surface area contributed by atoms with Crippen LogP contribution in [0.2, 0.25) is 0 Å². The molecule has 4 atom stereocenters. The van der Waals surface area contributed by atoms with Crippen molar-refractivity contribution in [3.8, 4) is 0 Å². The molecule has 0 radical (unpaired) electrons. The van der Waals surface area contributed by atoms with Gasteiger partial charge < -0.3 is 9.47 Å². The van der Waals surface area contributed by atoms with Gasteiger partial charge in [-0.3, -0.25) is 0 Å². The molecular weight excluding hydrogens is 228 g/mol. The van der Waals surface area contributed by atoms with Gasteiger partial charge in [0.15, 0.2) is 0 Å². The largest absolute Gasteiger partial charge is 0.456 e. The maximum atomic E-state index is 12.0. The van der Waals surface area contributed by atoms with E-state index < -0.39 is 0 Å². The summed E-state index contributed by atoms with van der Waals surface area (Å²) in [4.78, 5) is 12.0. The van der Waals surface area contributed by atoms with E-state index in [2.05, 4.69) is 13.8 Å². The van der Waals surface area contributed by atoms with Gasteiger partial charge in [0.2, 0.25) is 0 Å². The van der Waals surface area contributed by atoms with E-state index in [4.69, 9.17) is 9.47 Å². The molecule has 1 aromatic carbocycles. The smallest absolute Gasteiger partial charge is 0.338 e. The highest BCUT2D eigenvalue weighted by Crippen LogP contribution is 2.31. The minimum atomic E-state index is -0.264. The first-order valence-electron chi connectivity index (χ1n) is 6.55. The van der Waals surface area contributed by atoms with E-state index in [1.54, 1.807) is 12.1 Å². The summed E-state index contributed by atoms with van der Waals surface area (Å²) in [5.41, 5.74) is 0.594. The van der Waals surface area contributed by atoms with Crippen molar-refractivity contribution in [2.45, 2.75) is 45.5 Å². The van der Waals surface area contributed by atoms with Gasteiger partial charge in [-0.1, -0.05) is 32.0 Å². The van der Waals surface area contributed by atoms with Crippen molar-refractivity contribution in [3.63, 3.8) is 0 Å². The number of benzene rings is 1. The van der Waals surface area contributed by atoms with Gasteiger partial charge in [-0.05, 0) is 25.5 Å². The molecule has 2 rings (SSSR count). The molecular formula is C15H20O3. The van der Waals surface area contributed by atoms with Crippen molar-refractivity contribution in [1.82, 2.24) is 0 Å². The molecule has 1 aliphatic rings. The standard InChI is InChI=1S/C15H20O3/c1-4-13-10(2)14(11(3)17-13)18-15(16)12-8-6-5-7-9-12/h5-11,13-14H,4H2,1-3H3/t10-,11?,13+,14?/m0/s1. The molecule has 0 aromatic heterocycles. The highest BCUT2D eigenvalue weighted by molar-refractivity contribution is 5.89. The molecule has 3 nitrogen and oxygen atoms in total. The van der Waals surface area contributed by atoms with Crippen LogP contribution in [0.15, 0.2) is 30.3 Å². The Bertz CT molecular complexity index is 401. The zero-order chi connectivity index (χ0) is 13.1. The highest BCUT2D eigenvalue weighted by atomic mass is 16.6. The zero-order valence-electron chi connectivity index (χ0n) is 11.1. The van der Waals surface area contributed by atoms with E-state index in [9.17, 15) is 4.79 Å². The second-order valence-corrected chi connectivity index (χ2v) is 4.88. The van der Waals surface area contributed by atoms with Crippen LogP contribution in [0.25, 0.3) is 0 Å². The van der Waals surface area contributed by atoms with Crippen molar-refractivity contribution in [2.75, 3.05) is 0 Å². The summed E-state index contributed by atoms with van der Waals surface area (Å²) >= 11 is 0. The number of carbonyl (C=O) groups is 1. The Morgan fingerprint density at radius 3 is 2.50 bits per heavy atom. The van der Waals surface area contributed by atoms with Crippen molar-refractivity contribution >= 4 is 5.97 Å². The van der Waals surface area contributed by atoms with Crippen LogP contribution in [0.5, 0.6) is 0 Å². The number of esters is 1. The predicted molar refractivity (Wildman–Crippen MR) is 69.4 cm³/mol. The molecule has 18 heavy (non-hydrogen) atoms.